The average molecular weight is 229 g/mol. The molecule has 2 rings (SSSR count). The molecule has 2 heterocycles. The lowest BCUT2D eigenvalue weighted by atomic mass is 10.2. The highest BCUT2D eigenvalue weighted by Crippen LogP contribution is 2.10. The van der Waals surface area contributed by atoms with E-state index in [1.54, 1.807) is 18.3 Å². The topological polar surface area (TPSA) is 47.8 Å². The van der Waals surface area contributed by atoms with Crippen molar-refractivity contribution in [3.63, 3.8) is 0 Å². The zero-order valence-corrected chi connectivity index (χ0v) is 9.84. The van der Waals surface area contributed by atoms with Gasteiger partial charge in [0, 0.05) is 18.8 Å². The van der Waals surface area contributed by atoms with E-state index in [-0.39, 0.29) is 5.56 Å². The highest BCUT2D eigenvalue weighted by molar-refractivity contribution is 5.52. The molecule has 0 spiro atoms. The summed E-state index contributed by atoms with van der Waals surface area (Å²) in [7, 11) is 0. The monoisotopic (exact) mass is 229 g/mol. The molecule has 88 valence electrons. The second-order valence-corrected chi connectivity index (χ2v) is 3.85. The number of hydrogen-bond donors (Lipinski definition) is 0. The van der Waals surface area contributed by atoms with E-state index in [0.717, 1.165) is 24.2 Å². The Morgan fingerprint density at radius 3 is 2.76 bits per heavy atom. The van der Waals surface area contributed by atoms with E-state index in [4.69, 9.17) is 0 Å². The van der Waals surface area contributed by atoms with Gasteiger partial charge in [-0.1, -0.05) is 19.4 Å². The highest BCUT2D eigenvalue weighted by Gasteiger charge is 2.03. The summed E-state index contributed by atoms with van der Waals surface area (Å²) < 4.78 is 1.51. The molecule has 4 nitrogen and oxygen atoms in total. The van der Waals surface area contributed by atoms with Crippen molar-refractivity contribution in [1.82, 2.24) is 14.8 Å². The fourth-order valence-electron chi connectivity index (χ4n) is 1.57. The van der Waals surface area contributed by atoms with Crippen molar-refractivity contribution in [2.75, 3.05) is 0 Å². The van der Waals surface area contributed by atoms with Gasteiger partial charge in [-0.3, -0.25) is 9.78 Å². The van der Waals surface area contributed by atoms with Gasteiger partial charge in [-0.25, -0.2) is 4.68 Å². The van der Waals surface area contributed by atoms with Gasteiger partial charge in [-0.05, 0) is 24.6 Å². The molecule has 0 saturated heterocycles. The second-order valence-electron chi connectivity index (χ2n) is 3.85. The van der Waals surface area contributed by atoms with E-state index in [1.807, 2.05) is 18.2 Å². The van der Waals surface area contributed by atoms with Gasteiger partial charge in [0.15, 0.2) is 0 Å². The van der Waals surface area contributed by atoms with E-state index in [2.05, 4.69) is 17.0 Å². The largest absolute Gasteiger partial charge is 0.268 e. The third-order valence-electron chi connectivity index (χ3n) is 2.52. The van der Waals surface area contributed by atoms with E-state index < -0.39 is 0 Å². The molecule has 0 atom stereocenters. The molecule has 0 bridgehead atoms. The molecular formula is C13H15N3O. The summed E-state index contributed by atoms with van der Waals surface area (Å²) in [6.07, 6.45) is 3.72. The predicted octanol–water partition coefficient (Wildman–Crippen LogP) is 2.11. The van der Waals surface area contributed by atoms with Gasteiger partial charge in [0.1, 0.15) is 5.69 Å². The van der Waals surface area contributed by atoms with Crippen molar-refractivity contribution in [2.45, 2.75) is 26.3 Å². The molecule has 0 aliphatic heterocycles. The minimum Gasteiger partial charge on any atom is -0.268 e. The summed E-state index contributed by atoms with van der Waals surface area (Å²) in [5.74, 6) is 0. The van der Waals surface area contributed by atoms with Crippen LogP contribution < -0.4 is 5.56 Å². The number of pyridine rings is 1. The molecule has 0 saturated carbocycles. The minimum atomic E-state index is -0.0573. The van der Waals surface area contributed by atoms with Gasteiger partial charge in [-0.2, -0.15) is 5.10 Å². The molecule has 0 fully saturated rings. The zero-order valence-electron chi connectivity index (χ0n) is 9.84. The van der Waals surface area contributed by atoms with Gasteiger partial charge in [0.25, 0.3) is 5.56 Å². The normalized spacial score (nSPS) is 10.4. The van der Waals surface area contributed by atoms with Crippen molar-refractivity contribution in [1.29, 1.82) is 0 Å². The van der Waals surface area contributed by atoms with Crippen LogP contribution in [0.3, 0.4) is 0 Å². The van der Waals surface area contributed by atoms with Crippen LogP contribution in [0.5, 0.6) is 0 Å². The maximum absolute atomic E-state index is 11.6. The fraction of sp³-hybridized carbons (Fsp3) is 0.308. The van der Waals surface area contributed by atoms with Crippen LogP contribution in [0.25, 0.3) is 11.4 Å². The molecule has 0 N–H and O–H groups in total. The Balaban J connectivity index is 2.34. The standard InChI is InChI=1S/C13H15N3O/c1-2-3-10-16-13(17)8-7-12(15-16)11-6-4-5-9-14-11/h4-9H,2-3,10H2,1H3. The number of aryl methyl sites for hydroxylation is 1. The quantitative estimate of drug-likeness (QED) is 0.806. The molecular weight excluding hydrogens is 214 g/mol. The number of hydrogen-bond acceptors (Lipinski definition) is 3. The lowest BCUT2D eigenvalue weighted by Crippen LogP contribution is -2.22. The van der Waals surface area contributed by atoms with Gasteiger partial charge in [-0.15, -0.1) is 0 Å². The molecule has 0 aliphatic carbocycles. The van der Waals surface area contributed by atoms with Crippen molar-refractivity contribution < 1.29 is 0 Å². The van der Waals surface area contributed by atoms with E-state index in [1.165, 1.54) is 4.68 Å². The molecule has 2 aromatic rings. The van der Waals surface area contributed by atoms with Gasteiger partial charge in [0.2, 0.25) is 0 Å². The SMILES string of the molecule is CCCCn1nc(-c2ccccn2)ccc1=O. The Hall–Kier alpha value is -1.97. The van der Waals surface area contributed by atoms with Crippen molar-refractivity contribution in [2.24, 2.45) is 0 Å². The van der Waals surface area contributed by atoms with Gasteiger partial charge >= 0.3 is 0 Å². The highest BCUT2D eigenvalue weighted by atomic mass is 16.1. The summed E-state index contributed by atoms with van der Waals surface area (Å²) >= 11 is 0. The van der Waals surface area contributed by atoms with Crippen LogP contribution in [0.4, 0.5) is 0 Å². The van der Waals surface area contributed by atoms with E-state index >= 15 is 0 Å². The molecule has 2 aromatic heterocycles. The summed E-state index contributed by atoms with van der Waals surface area (Å²) in [5.41, 5.74) is 1.47. The van der Waals surface area contributed by atoms with Crippen LogP contribution in [-0.2, 0) is 6.54 Å². The van der Waals surface area contributed by atoms with Crippen molar-refractivity contribution in [3.05, 3.63) is 46.9 Å². The van der Waals surface area contributed by atoms with Crippen molar-refractivity contribution >= 4 is 0 Å². The first kappa shape index (κ1) is 11.5. The summed E-state index contributed by atoms with van der Waals surface area (Å²) in [4.78, 5) is 15.8. The Bertz CT molecular complexity index is 534. The van der Waals surface area contributed by atoms with Crippen LogP contribution >= 0.6 is 0 Å². The van der Waals surface area contributed by atoms with Crippen molar-refractivity contribution in [3.8, 4) is 11.4 Å². The minimum absolute atomic E-state index is 0.0573. The molecule has 0 aromatic carbocycles. The lowest BCUT2D eigenvalue weighted by Gasteiger charge is -2.05. The first-order valence-corrected chi connectivity index (χ1v) is 5.81. The summed E-state index contributed by atoms with van der Waals surface area (Å²) in [5, 5.41) is 4.32. The maximum atomic E-state index is 11.6. The van der Waals surface area contributed by atoms with Gasteiger partial charge < -0.3 is 0 Å². The third-order valence-corrected chi connectivity index (χ3v) is 2.52. The van der Waals surface area contributed by atoms with E-state index in [0.29, 0.717) is 6.54 Å². The maximum Gasteiger partial charge on any atom is 0.266 e. The summed E-state index contributed by atoms with van der Waals surface area (Å²) in [6.45, 7) is 2.75. The molecule has 0 aliphatic rings. The molecule has 0 amide bonds. The van der Waals surface area contributed by atoms with Crippen LogP contribution in [0.15, 0.2) is 41.3 Å². The Labute approximate surface area is 99.9 Å². The smallest absolute Gasteiger partial charge is 0.266 e. The third kappa shape index (κ3) is 2.78. The molecule has 4 heteroatoms. The molecule has 0 unspecified atom stereocenters. The van der Waals surface area contributed by atoms with Crippen LogP contribution in [-0.4, -0.2) is 14.8 Å². The first-order chi connectivity index (χ1) is 8.31. The van der Waals surface area contributed by atoms with Gasteiger partial charge in [0.05, 0.1) is 5.69 Å². The van der Waals surface area contributed by atoms with Crippen LogP contribution in [0, 0.1) is 0 Å². The Kier molecular flexibility index (Phi) is 3.65. The molecule has 0 radical (unpaired) electrons. The Morgan fingerprint density at radius 1 is 1.18 bits per heavy atom. The first-order valence-electron chi connectivity index (χ1n) is 5.81. The number of rotatable bonds is 4. The van der Waals surface area contributed by atoms with Crippen LogP contribution in [0.1, 0.15) is 19.8 Å². The summed E-state index contributed by atoms with van der Waals surface area (Å²) in [6, 6.07) is 8.92. The lowest BCUT2D eigenvalue weighted by molar-refractivity contribution is 0.545. The predicted molar refractivity (Wildman–Crippen MR) is 66.6 cm³/mol. The van der Waals surface area contributed by atoms with Crippen LogP contribution in [0.2, 0.25) is 0 Å². The number of nitrogens with zero attached hydrogens (tertiary/aromatic N) is 3. The fourth-order valence-corrected chi connectivity index (χ4v) is 1.57. The Morgan fingerprint density at radius 2 is 2.06 bits per heavy atom. The number of aromatic nitrogens is 3. The van der Waals surface area contributed by atoms with E-state index in [9.17, 15) is 4.79 Å². The molecule has 17 heavy (non-hydrogen) atoms. The number of unbranched alkanes of at least 4 members (excludes halogenated alkanes) is 1. The zero-order chi connectivity index (χ0) is 12.1. The second kappa shape index (κ2) is 5.39. The average Bonchev–Trinajstić information content (AvgIpc) is 2.39.